The fourth-order valence-corrected chi connectivity index (χ4v) is 3.09. The van der Waals surface area contributed by atoms with Crippen molar-refractivity contribution in [2.45, 2.75) is 25.4 Å². The predicted octanol–water partition coefficient (Wildman–Crippen LogP) is 4.24. The Labute approximate surface area is 158 Å². The van der Waals surface area contributed by atoms with E-state index in [2.05, 4.69) is 10.6 Å². The summed E-state index contributed by atoms with van der Waals surface area (Å²) < 4.78 is 45.3. The molecular formula is C20H17F3N2O3. The highest BCUT2D eigenvalue weighted by molar-refractivity contribution is 6.06. The number of amides is 2. The fourth-order valence-electron chi connectivity index (χ4n) is 3.09. The number of benzene rings is 2. The van der Waals surface area contributed by atoms with Gasteiger partial charge in [0.15, 0.2) is 0 Å². The molecule has 0 spiro atoms. The van der Waals surface area contributed by atoms with Gasteiger partial charge >= 0.3 is 6.18 Å². The summed E-state index contributed by atoms with van der Waals surface area (Å²) in [6.45, 7) is 0.489. The van der Waals surface area contributed by atoms with Crippen LogP contribution >= 0.6 is 0 Å². The third-order valence-electron chi connectivity index (χ3n) is 4.70. The van der Waals surface area contributed by atoms with Gasteiger partial charge in [0, 0.05) is 23.6 Å². The molecule has 1 saturated carbocycles. The molecular weight excluding hydrogens is 373 g/mol. The van der Waals surface area contributed by atoms with Crippen LogP contribution in [0.2, 0.25) is 0 Å². The van der Waals surface area contributed by atoms with Crippen molar-refractivity contribution in [1.82, 2.24) is 0 Å². The number of rotatable bonds is 4. The molecule has 4 rings (SSSR count). The number of carbonyl (C=O) groups excluding carboxylic acids is 2. The lowest BCUT2D eigenvalue weighted by atomic mass is 10.1. The first-order valence-corrected chi connectivity index (χ1v) is 8.90. The van der Waals surface area contributed by atoms with Crippen LogP contribution < -0.4 is 15.4 Å². The van der Waals surface area contributed by atoms with Gasteiger partial charge in [0.05, 0.1) is 17.9 Å². The lowest BCUT2D eigenvalue weighted by Crippen LogP contribution is -2.18. The summed E-state index contributed by atoms with van der Waals surface area (Å²) in [5.41, 5.74) is 0.0870. The lowest BCUT2D eigenvalue weighted by Gasteiger charge is -2.14. The van der Waals surface area contributed by atoms with Gasteiger partial charge < -0.3 is 15.4 Å². The number of carbonyl (C=O) groups is 2. The van der Waals surface area contributed by atoms with Gasteiger partial charge in [-0.2, -0.15) is 13.2 Å². The van der Waals surface area contributed by atoms with Gasteiger partial charge in [-0.05, 0) is 42.7 Å². The summed E-state index contributed by atoms with van der Waals surface area (Å²) in [5, 5.41) is 5.08. The molecule has 2 N–H and O–H groups in total. The van der Waals surface area contributed by atoms with Gasteiger partial charge in [-0.15, -0.1) is 0 Å². The minimum Gasteiger partial charge on any atom is -0.491 e. The van der Waals surface area contributed by atoms with Crippen LogP contribution in [0.4, 0.5) is 24.5 Å². The molecule has 28 heavy (non-hydrogen) atoms. The number of halogens is 3. The molecule has 1 heterocycles. The summed E-state index contributed by atoms with van der Waals surface area (Å²) in [7, 11) is 0. The average molecular weight is 390 g/mol. The molecule has 2 aromatic rings. The molecule has 0 atom stereocenters. The molecule has 1 aliphatic carbocycles. The molecule has 0 unspecified atom stereocenters. The maximum absolute atomic E-state index is 13.3. The SMILES string of the molecule is O=C(Nc1cccc2c1OCC2)c1cc(NC(=O)C2CC2)cc(C(F)(F)F)c1. The van der Waals surface area contributed by atoms with Crippen LogP contribution in [0.25, 0.3) is 0 Å². The molecule has 0 saturated heterocycles. The van der Waals surface area contributed by atoms with Crippen molar-refractivity contribution in [3.8, 4) is 5.75 Å². The van der Waals surface area contributed by atoms with Crippen molar-refractivity contribution >= 4 is 23.2 Å². The third-order valence-corrected chi connectivity index (χ3v) is 4.70. The summed E-state index contributed by atoms with van der Waals surface area (Å²) in [6.07, 6.45) is -2.50. The van der Waals surface area contributed by atoms with Crippen LogP contribution in [-0.4, -0.2) is 18.4 Å². The monoisotopic (exact) mass is 390 g/mol. The van der Waals surface area contributed by atoms with Crippen molar-refractivity contribution in [1.29, 1.82) is 0 Å². The standard InChI is InChI=1S/C20H17F3N2O3/c21-20(22,23)14-8-13(9-15(10-14)24-18(26)12-4-5-12)19(27)25-16-3-1-2-11-6-7-28-17(11)16/h1-3,8-10,12H,4-7H2,(H,24,26)(H,25,27). The molecule has 8 heteroatoms. The van der Waals surface area contributed by atoms with Gasteiger partial charge in [-0.1, -0.05) is 12.1 Å². The summed E-state index contributed by atoms with van der Waals surface area (Å²) in [4.78, 5) is 24.6. The van der Waals surface area contributed by atoms with E-state index >= 15 is 0 Å². The summed E-state index contributed by atoms with van der Waals surface area (Å²) in [5.74, 6) is -0.683. The number of para-hydroxylation sites is 1. The highest BCUT2D eigenvalue weighted by Gasteiger charge is 2.33. The number of fused-ring (bicyclic) bond motifs is 1. The quantitative estimate of drug-likeness (QED) is 0.821. The minimum atomic E-state index is -4.65. The first kappa shape index (κ1) is 18.3. The highest BCUT2D eigenvalue weighted by Crippen LogP contribution is 2.36. The van der Waals surface area contributed by atoms with Crippen molar-refractivity contribution < 1.29 is 27.5 Å². The normalized spacial score (nSPS) is 15.5. The first-order chi connectivity index (χ1) is 13.3. The van der Waals surface area contributed by atoms with E-state index in [1.165, 1.54) is 6.07 Å². The molecule has 146 valence electrons. The van der Waals surface area contributed by atoms with Crippen LogP contribution in [0.15, 0.2) is 36.4 Å². The Morgan fingerprint density at radius 3 is 2.57 bits per heavy atom. The smallest absolute Gasteiger partial charge is 0.416 e. The Balaban J connectivity index is 1.63. The number of hydrogen-bond donors (Lipinski definition) is 2. The van der Waals surface area contributed by atoms with Crippen molar-refractivity contribution in [3.63, 3.8) is 0 Å². The lowest BCUT2D eigenvalue weighted by molar-refractivity contribution is -0.137. The fraction of sp³-hybridized carbons (Fsp3) is 0.300. The van der Waals surface area contributed by atoms with Crippen LogP contribution in [0, 0.1) is 5.92 Å². The van der Waals surface area contributed by atoms with E-state index in [9.17, 15) is 22.8 Å². The number of hydrogen-bond acceptors (Lipinski definition) is 3. The largest absolute Gasteiger partial charge is 0.491 e. The number of ether oxygens (including phenoxy) is 1. The molecule has 1 aliphatic heterocycles. The highest BCUT2D eigenvalue weighted by atomic mass is 19.4. The number of nitrogens with one attached hydrogen (secondary N) is 2. The number of anilines is 2. The van der Waals surface area contributed by atoms with Crippen molar-refractivity contribution in [3.05, 3.63) is 53.1 Å². The van der Waals surface area contributed by atoms with E-state index in [1.54, 1.807) is 12.1 Å². The Bertz CT molecular complexity index is 952. The van der Waals surface area contributed by atoms with Gasteiger partial charge in [-0.25, -0.2) is 0 Å². The Kier molecular flexibility index (Phi) is 4.49. The average Bonchev–Trinajstić information content (AvgIpc) is 3.38. The third kappa shape index (κ3) is 3.81. The maximum atomic E-state index is 13.3. The van der Waals surface area contributed by atoms with Crippen LogP contribution in [-0.2, 0) is 17.4 Å². The zero-order chi connectivity index (χ0) is 19.9. The summed E-state index contributed by atoms with van der Waals surface area (Å²) >= 11 is 0. The molecule has 5 nitrogen and oxygen atoms in total. The minimum absolute atomic E-state index is 0.0496. The van der Waals surface area contributed by atoms with E-state index in [0.717, 1.165) is 30.5 Å². The molecule has 2 aromatic carbocycles. The molecule has 2 aliphatic rings. The van der Waals surface area contributed by atoms with E-state index < -0.39 is 17.6 Å². The molecule has 2 amide bonds. The Hall–Kier alpha value is -3.03. The summed E-state index contributed by atoms with van der Waals surface area (Å²) in [6, 6.07) is 8.09. The van der Waals surface area contributed by atoms with Crippen LogP contribution in [0.3, 0.4) is 0 Å². The van der Waals surface area contributed by atoms with Crippen LogP contribution in [0.5, 0.6) is 5.75 Å². The molecule has 0 bridgehead atoms. The van der Waals surface area contributed by atoms with Crippen LogP contribution in [0.1, 0.15) is 34.3 Å². The molecule has 0 radical (unpaired) electrons. The second-order valence-electron chi connectivity index (χ2n) is 6.91. The zero-order valence-electron chi connectivity index (χ0n) is 14.7. The van der Waals surface area contributed by atoms with E-state index in [0.29, 0.717) is 24.5 Å². The van der Waals surface area contributed by atoms with Gasteiger partial charge in [-0.3, -0.25) is 9.59 Å². The zero-order valence-corrected chi connectivity index (χ0v) is 14.7. The number of alkyl halides is 3. The van der Waals surface area contributed by atoms with Crippen molar-refractivity contribution in [2.24, 2.45) is 5.92 Å². The van der Waals surface area contributed by atoms with E-state index in [1.807, 2.05) is 6.07 Å². The Morgan fingerprint density at radius 2 is 1.86 bits per heavy atom. The maximum Gasteiger partial charge on any atom is 0.416 e. The molecule has 0 aromatic heterocycles. The second-order valence-corrected chi connectivity index (χ2v) is 6.91. The first-order valence-electron chi connectivity index (χ1n) is 8.90. The van der Waals surface area contributed by atoms with Crippen molar-refractivity contribution in [2.75, 3.05) is 17.2 Å². The van der Waals surface area contributed by atoms with E-state index in [4.69, 9.17) is 4.74 Å². The topological polar surface area (TPSA) is 67.4 Å². The van der Waals surface area contributed by atoms with E-state index in [-0.39, 0.29) is 23.1 Å². The van der Waals surface area contributed by atoms with Gasteiger partial charge in [0.1, 0.15) is 5.75 Å². The van der Waals surface area contributed by atoms with Gasteiger partial charge in [0.2, 0.25) is 5.91 Å². The second kappa shape index (κ2) is 6.85. The Morgan fingerprint density at radius 1 is 1.07 bits per heavy atom. The predicted molar refractivity (Wildman–Crippen MR) is 96.4 cm³/mol. The van der Waals surface area contributed by atoms with Gasteiger partial charge in [0.25, 0.3) is 5.91 Å². The molecule has 1 fully saturated rings.